The molecule has 58 valence electrons. The molecular formula is C6H12N2O2. The van der Waals surface area contributed by atoms with Gasteiger partial charge in [-0.3, -0.25) is 4.79 Å². The van der Waals surface area contributed by atoms with Gasteiger partial charge in [0.15, 0.2) is 0 Å². The minimum Gasteiger partial charge on any atom is -0.468 e. The Morgan fingerprint density at radius 1 is 1.80 bits per heavy atom. The van der Waals surface area contributed by atoms with Crippen LogP contribution >= 0.6 is 0 Å². The van der Waals surface area contributed by atoms with Gasteiger partial charge in [-0.15, -0.1) is 0 Å². The molecule has 0 bridgehead atoms. The van der Waals surface area contributed by atoms with Crippen LogP contribution in [0.15, 0.2) is 0 Å². The van der Waals surface area contributed by atoms with Crippen molar-refractivity contribution in [3.05, 3.63) is 0 Å². The molecule has 4 nitrogen and oxygen atoms in total. The van der Waals surface area contributed by atoms with Gasteiger partial charge < -0.3 is 15.8 Å². The molecule has 1 atom stereocenters. The highest BCUT2D eigenvalue weighted by Crippen LogP contribution is 2.11. The predicted octanol–water partition coefficient (Wildman–Crippen LogP) is -1.15. The van der Waals surface area contributed by atoms with Crippen molar-refractivity contribution >= 4 is 5.97 Å². The van der Waals surface area contributed by atoms with Crippen molar-refractivity contribution in [3.63, 3.8) is 0 Å². The molecule has 1 rings (SSSR count). The van der Waals surface area contributed by atoms with Crippen molar-refractivity contribution < 1.29 is 9.53 Å². The number of ether oxygens (including phenoxy) is 1. The van der Waals surface area contributed by atoms with Gasteiger partial charge in [0.2, 0.25) is 0 Å². The summed E-state index contributed by atoms with van der Waals surface area (Å²) >= 11 is 0. The highest BCUT2D eigenvalue weighted by Gasteiger charge is 2.37. The van der Waals surface area contributed by atoms with Crippen molar-refractivity contribution in [3.8, 4) is 0 Å². The molecular weight excluding hydrogens is 132 g/mol. The molecule has 1 aliphatic rings. The maximum Gasteiger partial charge on any atom is 0.327 e. The molecule has 0 aliphatic carbocycles. The van der Waals surface area contributed by atoms with Crippen LogP contribution < -0.4 is 11.1 Å². The Hall–Kier alpha value is -0.610. The van der Waals surface area contributed by atoms with Gasteiger partial charge in [-0.05, 0) is 13.0 Å². The van der Waals surface area contributed by atoms with Crippen LogP contribution in [0, 0.1) is 0 Å². The number of esters is 1. The lowest BCUT2D eigenvalue weighted by atomic mass is 10.0. The Morgan fingerprint density at radius 2 is 2.50 bits per heavy atom. The van der Waals surface area contributed by atoms with E-state index in [1.807, 2.05) is 0 Å². The summed E-state index contributed by atoms with van der Waals surface area (Å²) < 4.78 is 4.53. The van der Waals surface area contributed by atoms with E-state index in [4.69, 9.17) is 5.73 Å². The first-order chi connectivity index (χ1) is 4.69. The molecule has 0 saturated carbocycles. The second-order valence-electron chi connectivity index (χ2n) is 2.57. The SMILES string of the molecule is COC(=O)[C@]1(N)CCNC1. The first-order valence-electron chi connectivity index (χ1n) is 3.27. The molecule has 3 N–H and O–H groups in total. The van der Waals surface area contributed by atoms with E-state index in [0.717, 1.165) is 6.54 Å². The minimum atomic E-state index is -0.769. The van der Waals surface area contributed by atoms with Crippen LogP contribution in [0.4, 0.5) is 0 Å². The first kappa shape index (κ1) is 7.50. The summed E-state index contributed by atoms with van der Waals surface area (Å²) in [4.78, 5) is 10.9. The van der Waals surface area contributed by atoms with Gasteiger partial charge in [0, 0.05) is 6.54 Å². The second-order valence-corrected chi connectivity index (χ2v) is 2.57. The minimum absolute atomic E-state index is 0.322. The lowest BCUT2D eigenvalue weighted by Gasteiger charge is -2.18. The van der Waals surface area contributed by atoms with E-state index < -0.39 is 5.54 Å². The third-order valence-electron chi connectivity index (χ3n) is 1.78. The fourth-order valence-corrected chi connectivity index (χ4v) is 1.09. The Labute approximate surface area is 59.7 Å². The van der Waals surface area contributed by atoms with Gasteiger partial charge in [-0.1, -0.05) is 0 Å². The summed E-state index contributed by atoms with van der Waals surface area (Å²) in [7, 11) is 1.36. The molecule has 1 saturated heterocycles. The standard InChI is InChI=1S/C6H12N2O2/c1-10-5(9)6(7)2-3-8-4-6/h8H,2-4,7H2,1H3/t6-/m0/s1. The average Bonchev–Trinajstić information content (AvgIpc) is 2.36. The van der Waals surface area contributed by atoms with Crippen molar-refractivity contribution in [1.29, 1.82) is 0 Å². The third kappa shape index (κ3) is 1.12. The van der Waals surface area contributed by atoms with E-state index in [-0.39, 0.29) is 5.97 Å². The fourth-order valence-electron chi connectivity index (χ4n) is 1.09. The van der Waals surface area contributed by atoms with Crippen LogP contribution in [0.3, 0.4) is 0 Å². The van der Waals surface area contributed by atoms with Crippen LogP contribution in [-0.2, 0) is 9.53 Å². The van der Waals surface area contributed by atoms with Gasteiger partial charge in [0.05, 0.1) is 7.11 Å². The summed E-state index contributed by atoms with van der Waals surface area (Å²) in [5, 5.41) is 3.00. The van der Waals surface area contributed by atoms with Crippen LogP contribution in [0.5, 0.6) is 0 Å². The van der Waals surface area contributed by atoms with Gasteiger partial charge in [0.1, 0.15) is 5.54 Å². The Balaban J connectivity index is 2.58. The molecule has 0 amide bonds. The van der Waals surface area contributed by atoms with Crippen LogP contribution in [0.1, 0.15) is 6.42 Å². The van der Waals surface area contributed by atoms with E-state index in [1.54, 1.807) is 0 Å². The average molecular weight is 144 g/mol. The predicted molar refractivity (Wildman–Crippen MR) is 36.4 cm³/mol. The summed E-state index contributed by atoms with van der Waals surface area (Å²) in [6, 6.07) is 0. The van der Waals surface area contributed by atoms with Crippen molar-refractivity contribution in [2.75, 3.05) is 20.2 Å². The van der Waals surface area contributed by atoms with Crippen molar-refractivity contribution in [1.82, 2.24) is 5.32 Å². The lowest BCUT2D eigenvalue weighted by molar-refractivity contribution is -0.146. The largest absolute Gasteiger partial charge is 0.468 e. The van der Waals surface area contributed by atoms with Gasteiger partial charge in [0.25, 0.3) is 0 Å². The van der Waals surface area contributed by atoms with Gasteiger partial charge in [-0.25, -0.2) is 0 Å². The summed E-state index contributed by atoms with van der Waals surface area (Å²) in [6.07, 6.45) is 0.666. The summed E-state index contributed by atoms with van der Waals surface area (Å²) in [5.41, 5.74) is 4.91. The molecule has 4 heteroatoms. The molecule has 0 aromatic carbocycles. The first-order valence-corrected chi connectivity index (χ1v) is 3.27. The van der Waals surface area contributed by atoms with Crippen LogP contribution in [-0.4, -0.2) is 31.7 Å². The fraction of sp³-hybridized carbons (Fsp3) is 0.833. The van der Waals surface area contributed by atoms with E-state index in [2.05, 4.69) is 10.1 Å². The number of methoxy groups -OCH3 is 1. The zero-order chi connectivity index (χ0) is 7.61. The highest BCUT2D eigenvalue weighted by molar-refractivity contribution is 5.81. The molecule has 0 unspecified atom stereocenters. The summed E-state index contributed by atoms with van der Waals surface area (Å²) in [5.74, 6) is -0.322. The van der Waals surface area contributed by atoms with Crippen molar-refractivity contribution in [2.24, 2.45) is 5.73 Å². The zero-order valence-corrected chi connectivity index (χ0v) is 6.02. The number of rotatable bonds is 1. The van der Waals surface area contributed by atoms with Crippen LogP contribution in [0.2, 0.25) is 0 Å². The zero-order valence-electron chi connectivity index (χ0n) is 6.02. The quantitative estimate of drug-likeness (QED) is 0.456. The van der Waals surface area contributed by atoms with E-state index in [0.29, 0.717) is 13.0 Å². The van der Waals surface area contributed by atoms with E-state index >= 15 is 0 Å². The maximum absolute atomic E-state index is 10.9. The van der Waals surface area contributed by atoms with Crippen LogP contribution in [0.25, 0.3) is 0 Å². The topological polar surface area (TPSA) is 64.3 Å². The molecule has 0 spiro atoms. The molecule has 1 aliphatic heterocycles. The number of hydrogen-bond acceptors (Lipinski definition) is 4. The number of hydrogen-bond donors (Lipinski definition) is 2. The second kappa shape index (κ2) is 2.56. The molecule has 10 heavy (non-hydrogen) atoms. The normalized spacial score (nSPS) is 32.2. The number of carbonyl (C=O) groups is 1. The Bertz CT molecular complexity index is 141. The summed E-state index contributed by atoms with van der Waals surface area (Å²) in [6.45, 7) is 1.32. The molecule has 0 aromatic rings. The number of nitrogens with two attached hydrogens (primary N) is 1. The van der Waals surface area contributed by atoms with Gasteiger partial charge in [-0.2, -0.15) is 0 Å². The van der Waals surface area contributed by atoms with E-state index in [1.165, 1.54) is 7.11 Å². The Kier molecular flexibility index (Phi) is 1.92. The molecule has 1 heterocycles. The third-order valence-corrected chi connectivity index (χ3v) is 1.78. The monoisotopic (exact) mass is 144 g/mol. The lowest BCUT2D eigenvalue weighted by Crippen LogP contribution is -2.50. The highest BCUT2D eigenvalue weighted by atomic mass is 16.5. The smallest absolute Gasteiger partial charge is 0.327 e. The maximum atomic E-state index is 10.9. The molecule has 1 fully saturated rings. The molecule has 0 radical (unpaired) electrons. The van der Waals surface area contributed by atoms with Gasteiger partial charge >= 0.3 is 5.97 Å². The Morgan fingerprint density at radius 3 is 2.90 bits per heavy atom. The van der Waals surface area contributed by atoms with Crippen molar-refractivity contribution in [2.45, 2.75) is 12.0 Å². The van der Waals surface area contributed by atoms with E-state index in [9.17, 15) is 4.79 Å². The molecule has 0 aromatic heterocycles. The number of carbonyl (C=O) groups excluding carboxylic acids is 1. The number of nitrogens with one attached hydrogen (secondary N) is 1.